The molecule has 27 heavy (non-hydrogen) atoms. The van der Waals surface area contributed by atoms with Gasteiger partial charge in [-0.25, -0.2) is 0 Å². The van der Waals surface area contributed by atoms with Gasteiger partial charge in [0.1, 0.15) is 11.0 Å². The van der Waals surface area contributed by atoms with Crippen molar-refractivity contribution in [3.8, 4) is 0 Å². The summed E-state index contributed by atoms with van der Waals surface area (Å²) in [5, 5.41) is 4.25. The van der Waals surface area contributed by atoms with E-state index in [0.29, 0.717) is 0 Å². The van der Waals surface area contributed by atoms with Crippen LogP contribution in [0.3, 0.4) is 0 Å². The molecule has 1 atom stereocenters. The van der Waals surface area contributed by atoms with Crippen molar-refractivity contribution in [1.82, 2.24) is 4.98 Å². The SMILES string of the molecule is CC(=O)Nc1sc2c(c1[C@H](c1cccnc1)[NH+]1CCC(C)CC1)CCCC2. The number of amides is 1. The molecule has 0 unspecified atom stereocenters. The fourth-order valence-electron chi connectivity index (χ4n) is 4.72. The average molecular weight is 385 g/mol. The van der Waals surface area contributed by atoms with Gasteiger partial charge in [-0.1, -0.05) is 6.92 Å². The quantitative estimate of drug-likeness (QED) is 0.849. The minimum Gasteiger partial charge on any atom is -0.325 e. The van der Waals surface area contributed by atoms with Crippen LogP contribution in [-0.2, 0) is 17.6 Å². The zero-order chi connectivity index (χ0) is 18.8. The molecule has 3 heterocycles. The predicted molar refractivity (Wildman–Crippen MR) is 110 cm³/mol. The Morgan fingerprint density at radius 2 is 2.07 bits per heavy atom. The van der Waals surface area contributed by atoms with E-state index in [2.05, 4.69) is 23.3 Å². The standard InChI is InChI=1S/C22H29N3OS/c1-15-9-12-25(13-10-15)21(17-6-5-11-23-14-17)20-18-7-3-4-8-19(18)27-22(20)24-16(2)26/h5-6,11,14-15,21H,3-4,7-10,12-13H2,1-2H3,(H,24,26)/p+1/t21-/m0/s1. The number of thiophene rings is 1. The lowest BCUT2D eigenvalue weighted by Crippen LogP contribution is -3.13. The molecular formula is C22H30N3OS+. The third kappa shape index (κ3) is 3.94. The molecule has 0 bridgehead atoms. The molecule has 0 radical (unpaired) electrons. The molecule has 0 saturated carbocycles. The first kappa shape index (κ1) is 18.6. The van der Waals surface area contributed by atoms with Gasteiger partial charge in [0.15, 0.2) is 0 Å². The van der Waals surface area contributed by atoms with E-state index in [1.54, 1.807) is 11.8 Å². The van der Waals surface area contributed by atoms with Crippen molar-refractivity contribution in [2.45, 2.75) is 58.4 Å². The summed E-state index contributed by atoms with van der Waals surface area (Å²) in [6.45, 7) is 6.36. The van der Waals surface area contributed by atoms with Crippen LogP contribution in [0.5, 0.6) is 0 Å². The highest BCUT2D eigenvalue weighted by atomic mass is 32.1. The molecule has 2 aromatic heterocycles. The molecule has 0 aromatic carbocycles. The fourth-order valence-corrected chi connectivity index (χ4v) is 6.10. The van der Waals surface area contributed by atoms with Gasteiger partial charge in [-0.3, -0.25) is 9.78 Å². The van der Waals surface area contributed by atoms with Crippen molar-refractivity contribution in [2.24, 2.45) is 5.92 Å². The van der Waals surface area contributed by atoms with E-state index in [-0.39, 0.29) is 11.9 Å². The zero-order valence-electron chi connectivity index (χ0n) is 16.4. The van der Waals surface area contributed by atoms with Gasteiger partial charge in [0.25, 0.3) is 0 Å². The Morgan fingerprint density at radius 3 is 2.78 bits per heavy atom. The smallest absolute Gasteiger partial charge is 0.221 e. The summed E-state index contributed by atoms with van der Waals surface area (Å²) in [6.07, 6.45) is 11.2. The van der Waals surface area contributed by atoms with Crippen LogP contribution in [-0.4, -0.2) is 24.0 Å². The van der Waals surface area contributed by atoms with Crippen LogP contribution >= 0.6 is 11.3 Å². The maximum Gasteiger partial charge on any atom is 0.221 e. The summed E-state index contributed by atoms with van der Waals surface area (Å²) < 4.78 is 0. The molecule has 1 aliphatic heterocycles. The Balaban J connectivity index is 1.82. The number of likely N-dealkylation sites (tertiary alicyclic amines) is 1. The van der Waals surface area contributed by atoms with E-state index < -0.39 is 0 Å². The molecule has 4 rings (SSSR count). The predicted octanol–water partition coefficient (Wildman–Crippen LogP) is 3.38. The van der Waals surface area contributed by atoms with Crippen LogP contribution in [0.25, 0.3) is 0 Å². The maximum atomic E-state index is 11.9. The van der Waals surface area contributed by atoms with Crippen LogP contribution in [0.15, 0.2) is 24.5 Å². The monoisotopic (exact) mass is 384 g/mol. The van der Waals surface area contributed by atoms with Gasteiger partial charge >= 0.3 is 0 Å². The number of hydrogen-bond donors (Lipinski definition) is 2. The number of hydrogen-bond acceptors (Lipinski definition) is 3. The zero-order valence-corrected chi connectivity index (χ0v) is 17.2. The maximum absolute atomic E-state index is 11.9. The van der Waals surface area contributed by atoms with Crippen LogP contribution in [0, 0.1) is 5.92 Å². The molecule has 1 saturated heterocycles. The van der Waals surface area contributed by atoms with Gasteiger partial charge in [0.05, 0.1) is 18.7 Å². The topological polar surface area (TPSA) is 46.4 Å². The molecule has 2 aromatic rings. The number of pyridine rings is 1. The van der Waals surface area contributed by atoms with Gasteiger partial charge in [0, 0.05) is 29.8 Å². The first-order valence-electron chi connectivity index (χ1n) is 10.3. The lowest BCUT2D eigenvalue weighted by Gasteiger charge is -2.35. The Hall–Kier alpha value is -1.72. The Kier molecular flexibility index (Phi) is 5.60. The van der Waals surface area contributed by atoms with Crippen molar-refractivity contribution in [3.05, 3.63) is 46.1 Å². The van der Waals surface area contributed by atoms with Crippen molar-refractivity contribution in [2.75, 3.05) is 18.4 Å². The van der Waals surface area contributed by atoms with Crippen LogP contribution in [0.2, 0.25) is 0 Å². The third-order valence-electron chi connectivity index (χ3n) is 6.13. The molecule has 2 aliphatic rings. The number of aromatic nitrogens is 1. The van der Waals surface area contributed by atoms with Crippen LogP contribution in [0.1, 0.15) is 67.1 Å². The Bertz CT molecular complexity index is 793. The number of carbonyl (C=O) groups is 1. The number of rotatable bonds is 4. The van der Waals surface area contributed by atoms with Gasteiger partial charge < -0.3 is 10.2 Å². The molecule has 0 spiro atoms. The number of fused-ring (bicyclic) bond motifs is 1. The summed E-state index contributed by atoms with van der Waals surface area (Å²) >= 11 is 1.81. The summed E-state index contributed by atoms with van der Waals surface area (Å²) in [5.74, 6) is 0.844. The van der Waals surface area contributed by atoms with Gasteiger partial charge in [-0.15, -0.1) is 11.3 Å². The Labute approximate surface area is 166 Å². The largest absolute Gasteiger partial charge is 0.325 e. The highest BCUT2D eigenvalue weighted by Gasteiger charge is 2.36. The number of nitrogens with one attached hydrogen (secondary N) is 2. The van der Waals surface area contributed by atoms with Gasteiger partial charge in [-0.05, 0) is 62.1 Å². The molecule has 5 heteroatoms. The van der Waals surface area contributed by atoms with E-state index >= 15 is 0 Å². The molecule has 144 valence electrons. The first-order valence-corrected chi connectivity index (χ1v) is 11.1. The van der Waals surface area contributed by atoms with Crippen molar-refractivity contribution in [1.29, 1.82) is 0 Å². The number of aryl methyl sites for hydroxylation is 1. The lowest BCUT2D eigenvalue weighted by molar-refractivity contribution is -0.931. The minimum atomic E-state index is 0.0297. The van der Waals surface area contributed by atoms with E-state index in [9.17, 15) is 4.79 Å². The van der Waals surface area contributed by atoms with Gasteiger partial charge in [-0.2, -0.15) is 0 Å². The third-order valence-corrected chi connectivity index (χ3v) is 7.36. The molecule has 1 fully saturated rings. The average Bonchev–Trinajstić information content (AvgIpc) is 3.02. The van der Waals surface area contributed by atoms with Gasteiger partial charge in [0.2, 0.25) is 5.91 Å². The van der Waals surface area contributed by atoms with E-state index in [1.165, 1.54) is 60.3 Å². The number of anilines is 1. The molecule has 1 amide bonds. The second-order valence-corrected chi connectivity index (χ2v) is 9.30. The number of quaternary nitrogens is 1. The van der Waals surface area contributed by atoms with Crippen LogP contribution < -0.4 is 10.2 Å². The number of piperidine rings is 1. The summed E-state index contributed by atoms with van der Waals surface area (Å²) in [4.78, 5) is 19.5. The summed E-state index contributed by atoms with van der Waals surface area (Å²) in [7, 11) is 0. The van der Waals surface area contributed by atoms with Crippen molar-refractivity contribution in [3.63, 3.8) is 0 Å². The van der Waals surface area contributed by atoms with E-state index in [0.717, 1.165) is 23.8 Å². The second-order valence-electron chi connectivity index (χ2n) is 8.20. The molecule has 4 nitrogen and oxygen atoms in total. The normalized spacial score (nSPS) is 23.5. The first-order chi connectivity index (χ1) is 13.1. The highest BCUT2D eigenvalue weighted by molar-refractivity contribution is 7.16. The molecule has 2 N–H and O–H groups in total. The van der Waals surface area contributed by atoms with E-state index in [4.69, 9.17) is 0 Å². The lowest BCUT2D eigenvalue weighted by atomic mass is 9.87. The van der Waals surface area contributed by atoms with Crippen LogP contribution in [0.4, 0.5) is 5.00 Å². The van der Waals surface area contributed by atoms with E-state index in [1.807, 2.05) is 29.8 Å². The van der Waals surface area contributed by atoms with Crippen molar-refractivity contribution < 1.29 is 9.69 Å². The second kappa shape index (κ2) is 8.11. The summed E-state index contributed by atoms with van der Waals surface area (Å²) in [5.41, 5.74) is 4.16. The molecule has 1 aliphatic carbocycles. The molecular weight excluding hydrogens is 354 g/mol. The minimum absolute atomic E-state index is 0.0297. The van der Waals surface area contributed by atoms with Crippen molar-refractivity contribution >= 4 is 22.2 Å². The fraction of sp³-hybridized carbons (Fsp3) is 0.545. The number of carbonyl (C=O) groups excluding carboxylic acids is 1. The Morgan fingerprint density at radius 1 is 1.30 bits per heavy atom. The summed E-state index contributed by atoms with van der Waals surface area (Å²) in [6, 6.07) is 4.53. The number of nitrogens with zero attached hydrogens (tertiary/aromatic N) is 1. The highest BCUT2D eigenvalue weighted by Crippen LogP contribution is 2.42.